The van der Waals surface area contributed by atoms with Crippen molar-refractivity contribution in [1.29, 1.82) is 0 Å². The quantitative estimate of drug-likeness (QED) is 0.849. The average molecular weight is 246 g/mol. The summed E-state index contributed by atoms with van der Waals surface area (Å²) in [7, 11) is 0. The van der Waals surface area contributed by atoms with E-state index < -0.39 is 0 Å². The molecule has 0 heterocycles. The first-order chi connectivity index (χ1) is 8.69. The smallest absolute Gasteiger partial charge is 0.0342 e. The van der Waals surface area contributed by atoms with Crippen molar-refractivity contribution in [3.63, 3.8) is 0 Å². The molecule has 2 rings (SSSR count). The minimum Gasteiger partial charge on any atom is -0.382 e. The fraction of sp³-hybridized carbons (Fsp3) is 0.625. The van der Waals surface area contributed by atoms with E-state index in [1.165, 1.54) is 36.9 Å². The Labute approximate surface area is 111 Å². The van der Waals surface area contributed by atoms with Crippen LogP contribution in [-0.4, -0.2) is 12.6 Å². The Morgan fingerprint density at radius 1 is 1.11 bits per heavy atom. The van der Waals surface area contributed by atoms with Gasteiger partial charge in [0, 0.05) is 11.7 Å². The Hall–Kier alpha value is -1.02. The molecule has 3 N–H and O–H groups in total. The molecular formula is C16H26N2. The standard InChI is InChI=1S/C16H26N2/c1-12(2)14-5-9-16(10-6-14)18-15-7-3-13(11-17)4-8-15/h5-6,9-10,12-13,15,18H,3-4,7-8,11,17H2,1-2H3. The zero-order chi connectivity index (χ0) is 13.0. The summed E-state index contributed by atoms with van der Waals surface area (Å²) < 4.78 is 0. The molecular weight excluding hydrogens is 220 g/mol. The molecule has 0 aliphatic heterocycles. The molecule has 2 heteroatoms. The molecule has 2 nitrogen and oxygen atoms in total. The lowest BCUT2D eigenvalue weighted by Crippen LogP contribution is -2.29. The molecule has 0 amide bonds. The summed E-state index contributed by atoms with van der Waals surface area (Å²) >= 11 is 0. The van der Waals surface area contributed by atoms with Gasteiger partial charge in [0.2, 0.25) is 0 Å². The second-order valence-corrected chi connectivity index (χ2v) is 5.87. The van der Waals surface area contributed by atoms with Gasteiger partial charge in [0.1, 0.15) is 0 Å². The van der Waals surface area contributed by atoms with Crippen molar-refractivity contribution in [3.05, 3.63) is 29.8 Å². The van der Waals surface area contributed by atoms with E-state index in [0.29, 0.717) is 12.0 Å². The molecule has 1 aliphatic carbocycles. The summed E-state index contributed by atoms with van der Waals surface area (Å²) in [6.45, 7) is 5.32. The molecule has 0 bridgehead atoms. The molecule has 100 valence electrons. The molecule has 1 saturated carbocycles. The third kappa shape index (κ3) is 3.49. The van der Waals surface area contributed by atoms with E-state index in [0.717, 1.165) is 12.5 Å². The monoisotopic (exact) mass is 246 g/mol. The fourth-order valence-electron chi connectivity index (χ4n) is 2.74. The lowest BCUT2D eigenvalue weighted by atomic mass is 9.86. The maximum atomic E-state index is 5.73. The highest BCUT2D eigenvalue weighted by atomic mass is 14.9. The van der Waals surface area contributed by atoms with Gasteiger partial charge in [0.05, 0.1) is 0 Å². The normalized spacial score (nSPS) is 24.2. The number of rotatable bonds is 4. The van der Waals surface area contributed by atoms with E-state index in [9.17, 15) is 0 Å². The highest BCUT2D eigenvalue weighted by molar-refractivity contribution is 5.46. The highest BCUT2D eigenvalue weighted by Crippen LogP contribution is 2.26. The van der Waals surface area contributed by atoms with Crippen LogP contribution in [0.3, 0.4) is 0 Å². The van der Waals surface area contributed by atoms with E-state index in [1.54, 1.807) is 0 Å². The second-order valence-electron chi connectivity index (χ2n) is 5.87. The maximum Gasteiger partial charge on any atom is 0.0342 e. The van der Waals surface area contributed by atoms with Crippen LogP contribution < -0.4 is 11.1 Å². The van der Waals surface area contributed by atoms with E-state index in [1.807, 2.05) is 0 Å². The van der Waals surface area contributed by atoms with Crippen LogP contribution in [0.25, 0.3) is 0 Å². The lowest BCUT2D eigenvalue weighted by Gasteiger charge is -2.29. The van der Waals surface area contributed by atoms with Crippen LogP contribution in [-0.2, 0) is 0 Å². The zero-order valence-electron chi connectivity index (χ0n) is 11.7. The molecule has 0 spiro atoms. The van der Waals surface area contributed by atoms with Crippen LogP contribution in [0.2, 0.25) is 0 Å². The summed E-state index contributed by atoms with van der Waals surface area (Å²) in [5, 5.41) is 3.65. The fourth-order valence-corrected chi connectivity index (χ4v) is 2.74. The van der Waals surface area contributed by atoms with Gasteiger partial charge >= 0.3 is 0 Å². The van der Waals surface area contributed by atoms with Crippen molar-refractivity contribution in [2.24, 2.45) is 11.7 Å². The molecule has 0 aromatic heterocycles. The Morgan fingerprint density at radius 2 is 1.72 bits per heavy atom. The summed E-state index contributed by atoms with van der Waals surface area (Å²) in [4.78, 5) is 0. The molecule has 18 heavy (non-hydrogen) atoms. The number of benzene rings is 1. The second kappa shape index (κ2) is 6.24. The zero-order valence-corrected chi connectivity index (χ0v) is 11.7. The summed E-state index contributed by atoms with van der Waals surface area (Å²) in [5.41, 5.74) is 8.40. The number of nitrogens with two attached hydrogens (primary N) is 1. The molecule has 0 radical (unpaired) electrons. The van der Waals surface area contributed by atoms with Crippen LogP contribution in [0, 0.1) is 5.92 Å². The molecule has 0 unspecified atom stereocenters. The van der Waals surface area contributed by atoms with E-state index >= 15 is 0 Å². The van der Waals surface area contributed by atoms with E-state index in [-0.39, 0.29) is 0 Å². The minimum absolute atomic E-state index is 0.610. The Morgan fingerprint density at radius 3 is 2.22 bits per heavy atom. The number of nitrogens with one attached hydrogen (secondary N) is 1. The maximum absolute atomic E-state index is 5.73. The van der Waals surface area contributed by atoms with Crippen LogP contribution in [0.4, 0.5) is 5.69 Å². The summed E-state index contributed by atoms with van der Waals surface area (Å²) in [6.07, 6.45) is 5.07. The minimum atomic E-state index is 0.610. The van der Waals surface area contributed by atoms with Gasteiger partial charge in [0.25, 0.3) is 0 Å². The van der Waals surface area contributed by atoms with Gasteiger partial charge in [-0.15, -0.1) is 0 Å². The molecule has 1 aliphatic rings. The van der Waals surface area contributed by atoms with Crippen LogP contribution in [0.15, 0.2) is 24.3 Å². The van der Waals surface area contributed by atoms with E-state index in [2.05, 4.69) is 43.4 Å². The molecule has 1 fully saturated rings. The van der Waals surface area contributed by atoms with Gasteiger partial charge in [-0.1, -0.05) is 26.0 Å². The molecule has 1 aromatic carbocycles. The summed E-state index contributed by atoms with van der Waals surface area (Å²) in [5.74, 6) is 1.37. The van der Waals surface area contributed by atoms with E-state index in [4.69, 9.17) is 5.73 Å². The van der Waals surface area contributed by atoms with Crippen LogP contribution in [0.1, 0.15) is 51.0 Å². The van der Waals surface area contributed by atoms with Crippen molar-refractivity contribution < 1.29 is 0 Å². The van der Waals surface area contributed by atoms with Crippen molar-refractivity contribution in [2.45, 2.75) is 51.5 Å². The van der Waals surface area contributed by atoms with Gasteiger partial charge in [-0.25, -0.2) is 0 Å². The first-order valence-electron chi connectivity index (χ1n) is 7.25. The Balaban J connectivity index is 1.86. The Bertz CT molecular complexity index is 348. The first-order valence-corrected chi connectivity index (χ1v) is 7.25. The van der Waals surface area contributed by atoms with Crippen molar-refractivity contribution in [3.8, 4) is 0 Å². The third-order valence-electron chi connectivity index (χ3n) is 4.13. The van der Waals surface area contributed by atoms with Crippen molar-refractivity contribution in [2.75, 3.05) is 11.9 Å². The average Bonchev–Trinajstić information content (AvgIpc) is 2.40. The molecule has 1 aromatic rings. The SMILES string of the molecule is CC(C)c1ccc(NC2CCC(CN)CC2)cc1. The van der Waals surface area contributed by atoms with Crippen LogP contribution >= 0.6 is 0 Å². The van der Waals surface area contributed by atoms with Gasteiger partial charge in [0.15, 0.2) is 0 Å². The third-order valence-corrected chi connectivity index (χ3v) is 4.13. The lowest BCUT2D eigenvalue weighted by molar-refractivity contribution is 0.345. The number of anilines is 1. The van der Waals surface area contributed by atoms with Crippen LogP contribution in [0.5, 0.6) is 0 Å². The topological polar surface area (TPSA) is 38.0 Å². The van der Waals surface area contributed by atoms with Crippen molar-refractivity contribution in [1.82, 2.24) is 0 Å². The van der Waals surface area contributed by atoms with Gasteiger partial charge in [-0.05, 0) is 61.8 Å². The number of hydrogen-bond donors (Lipinski definition) is 2. The predicted octanol–water partition coefficient (Wildman–Crippen LogP) is 3.74. The highest BCUT2D eigenvalue weighted by Gasteiger charge is 2.19. The van der Waals surface area contributed by atoms with Crippen molar-refractivity contribution >= 4 is 5.69 Å². The summed E-state index contributed by atoms with van der Waals surface area (Å²) in [6, 6.07) is 9.53. The molecule has 0 saturated heterocycles. The first kappa shape index (κ1) is 13.4. The van der Waals surface area contributed by atoms with Gasteiger partial charge < -0.3 is 11.1 Å². The van der Waals surface area contributed by atoms with Gasteiger partial charge in [-0.2, -0.15) is 0 Å². The predicted molar refractivity (Wildman–Crippen MR) is 79.0 cm³/mol. The molecule has 0 atom stereocenters. The van der Waals surface area contributed by atoms with Gasteiger partial charge in [-0.3, -0.25) is 0 Å². The number of hydrogen-bond acceptors (Lipinski definition) is 2. The Kier molecular flexibility index (Phi) is 4.65. The largest absolute Gasteiger partial charge is 0.382 e.